The maximum absolute atomic E-state index is 12.4. The molecule has 2 aromatic carbocycles. The van der Waals surface area contributed by atoms with Crippen LogP contribution in [0.1, 0.15) is 39.9 Å². The van der Waals surface area contributed by atoms with Gasteiger partial charge in [-0.3, -0.25) is 9.69 Å². The Kier molecular flexibility index (Phi) is 8.27. The molecule has 1 heterocycles. The van der Waals surface area contributed by atoms with Gasteiger partial charge in [0.2, 0.25) is 5.91 Å². The van der Waals surface area contributed by atoms with Crippen LogP contribution in [0.25, 0.3) is 0 Å². The molecule has 2 aromatic rings. The molecular formula is C23H29BN2O6. The number of hydrogen-bond donors (Lipinski definition) is 5. The summed E-state index contributed by atoms with van der Waals surface area (Å²) in [6.45, 7) is 3.14. The summed E-state index contributed by atoms with van der Waals surface area (Å²) in [7, 11) is -1.74. The molecule has 0 unspecified atom stereocenters. The third-order valence-electron chi connectivity index (χ3n) is 5.81. The highest BCUT2D eigenvalue weighted by molar-refractivity contribution is 6.43. The summed E-state index contributed by atoms with van der Waals surface area (Å²) < 4.78 is 0. The Labute approximate surface area is 187 Å². The number of para-hydroxylation sites is 1. The number of aromatic hydroxyl groups is 1. The molecule has 0 aromatic heterocycles. The van der Waals surface area contributed by atoms with Crippen LogP contribution in [0, 0.1) is 0 Å². The topological polar surface area (TPSA) is 130 Å². The number of rotatable bonds is 10. The minimum Gasteiger partial charge on any atom is -0.507 e. The zero-order valence-corrected chi connectivity index (χ0v) is 17.9. The standard InChI is InChI=1S/C23H29BN2O6/c27-21(12-16-6-8-17(9-7-16)15-26-10-1-2-11-26)25-14-19(24(31)32)13-18-4-3-5-20(22(18)28)23(29)30/h3-9,19,28,31-32H,1-2,10-15H2,(H,25,27)(H,29,30)/t19-/m1/s1. The van der Waals surface area contributed by atoms with Crippen molar-refractivity contribution in [2.75, 3.05) is 19.6 Å². The molecule has 0 saturated carbocycles. The van der Waals surface area contributed by atoms with Crippen molar-refractivity contribution in [3.63, 3.8) is 0 Å². The number of carbonyl (C=O) groups excluding carboxylic acids is 1. The lowest BCUT2D eigenvalue weighted by atomic mass is 9.69. The van der Waals surface area contributed by atoms with Crippen LogP contribution in [0.15, 0.2) is 42.5 Å². The second-order valence-electron chi connectivity index (χ2n) is 8.28. The summed E-state index contributed by atoms with van der Waals surface area (Å²) >= 11 is 0. The van der Waals surface area contributed by atoms with Crippen LogP contribution in [-0.4, -0.2) is 63.8 Å². The van der Waals surface area contributed by atoms with Gasteiger partial charge >= 0.3 is 13.1 Å². The number of nitrogens with one attached hydrogen (secondary N) is 1. The van der Waals surface area contributed by atoms with Gasteiger partial charge in [-0.05, 0) is 55.1 Å². The number of carboxylic acid groups (broad SMARTS) is 1. The van der Waals surface area contributed by atoms with Crippen molar-refractivity contribution in [1.29, 1.82) is 0 Å². The molecule has 0 spiro atoms. The number of likely N-dealkylation sites (tertiary alicyclic amines) is 1. The number of carbonyl (C=O) groups is 2. The van der Waals surface area contributed by atoms with Crippen LogP contribution in [-0.2, 0) is 24.2 Å². The average molecular weight is 440 g/mol. The molecule has 1 aliphatic rings. The van der Waals surface area contributed by atoms with Gasteiger partial charge in [0, 0.05) is 18.9 Å². The van der Waals surface area contributed by atoms with E-state index >= 15 is 0 Å². The first-order valence-electron chi connectivity index (χ1n) is 10.8. The average Bonchev–Trinajstić information content (AvgIpc) is 3.26. The fourth-order valence-corrected chi connectivity index (χ4v) is 3.95. The lowest BCUT2D eigenvalue weighted by Gasteiger charge is -2.18. The van der Waals surface area contributed by atoms with Crippen molar-refractivity contribution in [2.24, 2.45) is 0 Å². The van der Waals surface area contributed by atoms with Gasteiger partial charge in [0.25, 0.3) is 0 Å². The van der Waals surface area contributed by atoms with E-state index in [0.29, 0.717) is 0 Å². The van der Waals surface area contributed by atoms with Gasteiger partial charge in [-0.15, -0.1) is 0 Å². The Morgan fingerprint density at radius 3 is 2.31 bits per heavy atom. The number of phenols is 1. The molecule has 0 bridgehead atoms. The van der Waals surface area contributed by atoms with Gasteiger partial charge in [0.1, 0.15) is 11.3 Å². The molecular weight excluding hydrogens is 411 g/mol. The van der Waals surface area contributed by atoms with E-state index < -0.39 is 24.7 Å². The van der Waals surface area contributed by atoms with Crippen LogP contribution in [0.5, 0.6) is 5.75 Å². The summed E-state index contributed by atoms with van der Waals surface area (Å²) in [5, 5.41) is 41.3. The normalized spacial score (nSPS) is 14.8. The van der Waals surface area contributed by atoms with Gasteiger partial charge in [0.15, 0.2) is 0 Å². The third-order valence-corrected chi connectivity index (χ3v) is 5.81. The highest BCUT2D eigenvalue weighted by Gasteiger charge is 2.26. The minimum atomic E-state index is -1.74. The molecule has 32 heavy (non-hydrogen) atoms. The van der Waals surface area contributed by atoms with E-state index in [2.05, 4.69) is 10.2 Å². The molecule has 3 rings (SSSR count). The molecule has 1 aliphatic heterocycles. The van der Waals surface area contributed by atoms with Crippen molar-refractivity contribution >= 4 is 19.0 Å². The van der Waals surface area contributed by atoms with E-state index in [1.807, 2.05) is 24.3 Å². The molecule has 8 nitrogen and oxygen atoms in total. The number of carboxylic acids is 1. The van der Waals surface area contributed by atoms with Crippen molar-refractivity contribution in [1.82, 2.24) is 10.2 Å². The van der Waals surface area contributed by atoms with Crippen LogP contribution in [0.2, 0.25) is 5.82 Å². The number of hydrogen-bond acceptors (Lipinski definition) is 6. The van der Waals surface area contributed by atoms with Crippen LogP contribution in [0.3, 0.4) is 0 Å². The fourth-order valence-electron chi connectivity index (χ4n) is 3.95. The number of nitrogens with zero attached hydrogens (tertiary/aromatic N) is 1. The van der Waals surface area contributed by atoms with Crippen LogP contribution < -0.4 is 5.32 Å². The van der Waals surface area contributed by atoms with Crippen molar-refractivity contribution in [3.05, 3.63) is 64.7 Å². The smallest absolute Gasteiger partial charge is 0.456 e. The van der Waals surface area contributed by atoms with Crippen molar-refractivity contribution < 1.29 is 29.9 Å². The van der Waals surface area contributed by atoms with E-state index in [0.717, 1.165) is 25.2 Å². The lowest BCUT2D eigenvalue weighted by molar-refractivity contribution is -0.120. The first kappa shape index (κ1) is 23.8. The zero-order valence-electron chi connectivity index (χ0n) is 17.9. The Bertz CT molecular complexity index is 929. The third kappa shape index (κ3) is 6.56. The van der Waals surface area contributed by atoms with Gasteiger partial charge in [0.05, 0.1) is 6.42 Å². The number of aromatic carboxylic acids is 1. The lowest BCUT2D eigenvalue weighted by Crippen LogP contribution is -2.35. The second-order valence-corrected chi connectivity index (χ2v) is 8.28. The van der Waals surface area contributed by atoms with Crippen molar-refractivity contribution in [3.8, 4) is 5.75 Å². The Hall–Kier alpha value is -2.88. The van der Waals surface area contributed by atoms with Crippen LogP contribution in [0.4, 0.5) is 0 Å². The van der Waals surface area contributed by atoms with Gasteiger partial charge < -0.3 is 25.6 Å². The molecule has 1 amide bonds. The summed E-state index contributed by atoms with van der Waals surface area (Å²) in [4.78, 5) is 25.9. The summed E-state index contributed by atoms with van der Waals surface area (Å²) in [6.07, 6.45) is 2.65. The molecule has 9 heteroatoms. The molecule has 170 valence electrons. The maximum Gasteiger partial charge on any atom is 0.456 e. The molecule has 1 fully saturated rings. The Morgan fingerprint density at radius 1 is 1.03 bits per heavy atom. The highest BCUT2D eigenvalue weighted by Crippen LogP contribution is 2.27. The van der Waals surface area contributed by atoms with Crippen LogP contribution >= 0.6 is 0 Å². The van der Waals surface area contributed by atoms with Gasteiger partial charge in [-0.25, -0.2) is 4.79 Å². The second kappa shape index (κ2) is 11.1. The number of amides is 1. The summed E-state index contributed by atoms with van der Waals surface area (Å²) in [6, 6.07) is 12.2. The quantitative estimate of drug-likeness (QED) is 0.354. The molecule has 5 N–H and O–H groups in total. The molecule has 1 atom stereocenters. The van der Waals surface area contributed by atoms with Gasteiger partial charge in [-0.2, -0.15) is 0 Å². The number of benzene rings is 2. The minimum absolute atomic E-state index is 0.00387. The molecule has 0 aliphatic carbocycles. The predicted molar refractivity (Wildman–Crippen MR) is 120 cm³/mol. The fraction of sp³-hybridized carbons (Fsp3) is 0.391. The van der Waals surface area contributed by atoms with Crippen molar-refractivity contribution in [2.45, 2.75) is 38.0 Å². The maximum atomic E-state index is 12.4. The summed E-state index contributed by atoms with van der Waals surface area (Å²) in [5.41, 5.74) is 2.08. The Morgan fingerprint density at radius 2 is 1.69 bits per heavy atom. The largest absolute Gasteiger partial charge is 0.507 e. The first-order chi connectivity index (χ1) is 15.3. The first-order valence-corrected chi connectivity index (χ1v) is 10.8. The summed E-state index contributed by atoms with van der Waals surface area (Å²) in [5.74, 6) is -2.75. The Balaban J connectivity index is 1.52. The molecule has 1 saturated heterocycles. The van der Waals surface area contributed by atoms with E-state index in [4.69, 9.17) is 5.11 Å². The predicted octanol–water partition coefficient (Wildman–Crippen LogP) is 1.43. The van der Waals surface area contributed by atoms with Gasteiger partial charge in [-0.1, -0.05) is 36.4 Å². The SMILES string of the molecule is O=C(Cc1ccc(CN2CCCC2)cc1)NC[C@@H](Cc1cccc(C(=O)O)c1O)B(O)O. The van der Waals surface area contributed by atoms with E-state index in [1.54, 1.807) is 0 Å². The van der Waals surface area contributed by atoms with E-state index in [9.17, 15) is 24.7 Å². The monoisotopic (exact) mass is 440 g/mol. The van der Waals surface area contributed by atoms with E-state index in [1.165, 1.54) is 36.6 Å². The highest BCUT2D eigenvalue weighted by atomic mass is 16.4. The van der Waals surface area contributed by atoms with E-state index in [-0.39, 0.29) is 36.4 Å². The zero-order chi connectivity index (χ0) is 23.1. The molecule has 0 radical (unpaired) electrons.